The summed E-state index contributed by atoms with van der Waals surface area (Å²) in [6, 6.07) is 3.53. The summed E-state index contributed by atoms with van der Waals surface area (Å²) < 4.78 is 10.2. The Hall–Kier alpha value is -2.08. The Morgan fingerprint density at radius 3 is 3.00 bits per heavy atom. The normalized spacial score (nSPS) is 20.8. The van der Waals surface area contributed by atoms with Crippen LogP contribution in [-0.2, 0) is 27.3 Å². The molecule has 2 aliphatic heterocycles. The van der Waals surface area contributed by atoms with E-state index in [9.17, 15) is 9.59 Å². The number of nitrogens with one attached hydrogen (secondary N) is 1. The second-order valence-electron chi connectivity index (χ2n) is 4.99. The molecule has 3 rings (SSSR count). The molecule has 0 radical (unpaired) electrons. The molecule has 6 heteroatoms. The number of carbonyl (C=O) groups is 2. The van der Waals surface area contributed by atoms with E-state index >= 15 is 0 Å². The van der Waals surface area contributed by atoms with Crippen LogP contribution in [0.25, 0.3) is 0 Å². The second-order valence-corrected chi connectivity index (χ2v) is 4.99. The third-order valence-corrected chi connectivity index (χ3v) is 3.82. The van der Waals surface area contributed by atoms with Crippen molar-refractivity contribution in [2.75, 3.05) is 25.7 Å². The molecule has 0 fully saturated rings. The van der Waals surface area contributed by atoms with E-state index in [1.807, 2.05) is 12.1 Å². The van der Waals surface area contributed by atoms with E-state index in [-0.39, 0.29) is 24.5 Å². The molecule has 0 saturated carbocycles. The number of carbonyl (C=O) groups excluding carboxylic acids is 2. The first-order valence-corrected chi connectivity index (χ1v) is 6.46. The van der Waals surface area contributed by atoms with Crippen LogP contribution in [0.2, 0.25) is 0 Å². The quantitative estimate of drug-likeness (QED) is 0.744. The average Bonchev–Trinajstić information content (AvgIpc) is 2.48. The van der Waals surface area contributed by atoms with Crippen molar-refractivity contribution in [1.82, 2.24) is 5.32 Å². The molecule has 20 heavy (non-hydrogen) atoms. The highest BCUT2D eigenvalue weighted by Gasteiger charge is 2.29. The number of ether oxygens (including phenoxy) is 2. The van der Waals surface area contributed by atoms with Gasteiger partial charge in [0.25, 0.3) is 5.91 Å². The van der Waals surface area contributed by atoms with Gasteiger partial charge in [0.2, 0.25) is 0 Å². The highest BCUT2D eigenvalue weighted by atomic mass is 16.5. The smallest absolute Gasteiger partial charge is 0.323 e. The summed E-state index contributed by atoms with van der Waals surface area (Å²) >= 11 is 0. The fourth-order valence-electron chi connectivity index (χ4n) is 2.59. The molecule has 6 nitrogen and oxygen atoms in total. The minimum atomic E-state index is -0.337. The Balaban J connectivity index is 1.95. The number of esters is 1. The van der Waals surface area contributed by atoms with Crippen LogP contribution in [-0.4, -0.2) is 38.7 Å². The molecule has 2 heterocycles. The number of benzene rings is 1. The lowest BCUT2D eigenvalue weighted by atomic mass is 9.94. The summed E-state index contributed by atoms with van der Waals surface area (Å²) in [6.07, 6.45) is 0.553. The Labute approximate surface area is 116 Å². The summed E-state index contributed by atoms with van der Waals surface area (Å²) in [5, 5.41) is 3.14. The van der Waals surface area contributed by atoms with E-state index < -0.39 is 0 Å². The van der Waals surface area contributed by atoms with Crippen molar-refractivity contribution in [2.45, 2.75) is 19.0 Å². The summed E-state index contributed by atoms with van der Waals surface area (Å²) in [5.74, 6) is 0.370. The maximum Gasteiger partial charge on any atom is 0.323 e. The van der Waals surface area contributed by atoms with Crippen LogP contribution >= 0.6 is 0 Å². The van der Waals surface area contributed by atoms with Crippen molar-refractivity contribution in [3.05, 3.63) is 23.3 Å². The van der Waals surface area contributed by atoms with Crippen LogP contribution in [0.15, 0.2) is 12.1 Å². The fourth-order valence-corrected chi connectivity index (χ4v) is 2.59. The molecule has 1 N–H and O–H groups in total. The number of rotatable bonds is 1. The summed E-state index contributed by atoms with van der Waals surface area (Å²) in [5.41, 5.74) is 2.89. The Morgan fingerprint density at radius 2 is 2.25 bits per heavy atom. The van der Waals surface area contributed by atoms with Crippen molar-refractivity contribution < 1.29 is 19.1 Å². The molecule has 106 valence electrons. The first kappa shape index (κ1) is 12.9. The van der Waals surface area contributed by atoms with Gasteiger partial charge in [-0.15, -0.1) is 0 Å². The first-order valence-electron chi connectivity index (χ1n) is 6.46. The summed E-state index contributed by atoms with van der Waals surface area (Å²) in [4.78, 5) is 24.9. The molecular formula is C14H16N2O4. The Morgan fingerprint density at radius 1 is 1.45 bits per heavy atom. The van der Waals surface area contributed by atoms with Gasteiger partial charge < -0.3 is 19.7 Å². The van der Waals surface area contributed by atoms with E-state index in [2.05, 4.69) is 5.32 Å². The van der Waals surface area contributed by atoms with E-state index in [1.165, 1.54) is 7.11 Å². The number of hydrogen-bond acceptors (Lipinski definition) is 5. The number of fused-ring (bicyclic) bond motifs is 2. The van der Waals surface area contributed by atoms with Crippen molar-refractivity contribution in [3.63, 3.8) is 0 Å². The molecule has 0 bridgehead atoms. The number of anilines is 1. The number of amides is 1. The standard InChI is InChI=1S/C14H16N2O4/c1-16-11-4-8-3-10(14(18)19-2)15-6-9(8)5-12(11)20-7-13(16)17/h4-5,10,15H,3,6-7H2,1-2H3. The molecule has 1 unspecified atom stereocenters. The van der Waals surface area contributed by atoms with E-state index in [4.69, 9.17) is 9.47 Å². The Kier molecular flexibility index (Phi) is 3.10. The predicted octanol–water partition coefficient (Wildman–Crippen LogP) is 0.229. The zero-order valence-electron chi connectivity index (χ0n) is 11.4. The monoisotopic (exact) mass is 276 g/mol. The van der Waals surface area contributed by atoms with Crippen LogP contribution in [0.4, 0.5) is 5.69 Å². The summed E-state index contributed by atoms with van der Waals surface area (Å²) in [6.45, 7) is 0.657. The summed E-state index contributed by atoms with van der Waals surface area (Å²) in [7, 11) is 3.11. The van der Waals surface area contributed by atoms with Crippen LogP contribution in [0.3, 0.4) is 0 Å². The van der Waals surface area contributed by atoms with E-state index in [0.717, 1.165) is 16.8 Å². The van der Waals surface area contributed by atoms with Crippen molar-refractivity contribution in [3.8, 4) is 5.75 Å². The van der Waals surface area contributed by atoms with Crippen molar-refractivity contribution in [1.29, 1.82) is 0 Å². The molecular weight excluding hydrogens is 260 g/mol. The van der Waals surface area contributed by atoms with Crippen LogP contribution < -0.4 is 15.0 Å². The maximum atomic E-state index is 11.7. The molecule has 2 aliphatic rings. The largest absolute Gasteiger partial charge is 0.482 e. The van der Waals surface area contributed by atoms with Gasteiger partial charge in [-0.2, -0.15) is 0 Å². The lowest BCUT2D eigenvalue weighted by molar-refractivity contribution is -0.143. The van der Waals surface area contributed by atoms with Gasteiger partial charge in [-0.3, -0.25) is 9.59 Å². The molecule has 0 aromatic heterocycles. The van der Waals surface area contributed by atoms with Gasteiger partial charge >= 0.3 is 5.97 Å². The highest BCUT2D eigenvalue weighted by Crippen LogP contribution is 2.35. The molecule has 1 aromatic rings. The van der Waals surface area contributed by atoms with E-state index in [0.29, 0.717) is 18.7 Å². The van der Waals surface area contributed by atoms with Gasteiger partial charge in [0.05, 0.1) is 12.8 Å². The van der Waals surface area contributed by atoms with Gasteiger partial charge in [-0.05, 0) is 29.7 Å². The molecule has 0 aliphatic carbocycles. The van der Waals surface area contributed by atoms with Gasteiger partial charge in [0, 0.05) is 13.6 Å². The third-order valence-electron chi connectivity index (χ3n) is 3.82. The third kappa shape index (κ3) is 2.02. The molecule has 0 spiro atoms. The maximum absolute atomic E-state index is 11.7. The minimum Gasteiger partial charge on any atom is -0.482 e. The number of nitrogens with zero attached hydrogens (tertiary/aromatic N) is 1. The molecule has 1 aromatic carbocycles. The first-order chi connectivity index (χ1) is 9.60. The number of hydrogen-bond donors (Lipinski definition) is 1. The van der Waals surface area contributed by atoms with Crippen molar-refractivity contribution in [2.24, 2.45) is 0 Å². The lowest BCUT2D eigenvalue weighted by Crippen LogP contribution is -2.43. The van der Waals surface area contributed by atoms with Crippen LogP contribution in [0, 0.1) is 0 Å². The van der Waals surface area contributed by atoms with Gasteiger partial charge in [-0.1, -0.05) is 0 Å². The number of likely N-dealkylation sites (N-methyl/N-ethyl adjacent to an activating group) is 1. The van der Waals surface area contributed by atoms with Gasteiger partial charge in [0.15, 0.2) is 6.61 Å². The minimum absolute atomic E-state index is 0.0699. The van der Waals surface area contributed by atoms with Gasteiger partial charge in [-0.25, -0.2) is 0 Å². The molecule has 0 saturated heterocycles. The Bertz CT molecular complexity index is 585. The molecule has 1 atom stereocenters. The van der Waals surface area contributed by atoms with Crippen LogP contribution in [0.5, 0.6) is 5.75 Å². The average molecular weight is 276 g/mol. The van der Waals surface area contributed by atoms with Crippen LogP contribution in [0.1, 0.15) is 11.1 Å². The number of methoxy groups -OCH3 is 1. The lowest BCUT2D eigenvalue weighted by Gasteiger charge is -2.30. The predicted molar refractivity (Wildman–Crippen MR) is 71.7 cm³/mol. The zero-order chi connectivity index (χ0) is 14.3. The van der Waals surface area contributed by atoms with Gasteiger partial charge in [0.1, 0.15) is 11.8 Å². The zero-order valence-corrected chi connectivity index (χ0v) is 11.4. The fraction of sp³-hybridized carbons (Fsp3) is 0.429. The molecule has 1 amide bonds. The van der Waals surface area contributed by atoms with E-state index in [1.54, 1.807) is 11.9 Å². The van der Waals surface area contributed by atoms with Crippen molar-refractivity contribution >= 4 is 17.6 Å². The topological polar surface area (TPSA) is 67.9 Å². The second kappa shape index (κ2) is 4.79. The highest BCUT2D eigenvalue weighted by molar-refractivity contribution is 5.97. The SMILES string of the molecule is COC(=O)C1Cc2cc3c(cc2CN1)OCC(=O)N3C.